The van der Waals surface area contributed by atoms with Crippen LogP contribution in [0.5, 0.6) is 5.75 Å². The van der Waals surface area contributed by atoms with E-state index < -0.39 is 17.1 Å². The zero-order chi connectivity index (χ0) is 19.4. The number of carbonyl (C=O) groups is 3. The Morgan fingerprint density at radius 2 is 1.85 bits per heavy atom. The minimum absolute atomic E-state index is 0.258. The number of imide groups is 1. The predicted octanol–water partition coefficient (Wildman–Crippen LogP) is 3.68. The molecule has 3 amide bonds. The molecule has 7 heteroatoms. The largest absolute Gasteiger partial charge is 0.496 e. The van der Waals surface area contributed by atoms with Crippen LogP contribution in [-0.4, -0.2) is 35.6 Å². The molecule has 3 rings (SSSR count). The first-order chi connectivity index (χ1) is 13.0. The van der Waals surface area contributed by atoms with Crippen molar-refractivity contribution >= 4 is 40.6 Å². The Balaban J connectivity index is 1.73. The van der Waals surface area contributed by atoms with Gasteiger partial charge in [-0.2, -0.15) is 0 Å². The van der Waals surface area contributed by atoms with Crippen molar-refractivity contribution in [2.24, 2.45) is 0 Å². The van der Waals surface area contributed by atoms with Gasteiger partial charge in [-0.3, -0.25) is 19.3 Å². The zero-order valence-corrected chi connectivity index (χ0v) is 15.7. The number of ether oxygens (including phenoxy) is 1. The molecule has 27 heavy (non-hydrogen) atoms. The van der Waals surface area contributed by atoms with Crippen LogP contribution in [0.1, 0.15) is 11.1 Å². The Bertz CT molecular complexity index is 939. The second kappa shape index (κ2) is 8.09. The number of carbonyl (C=O) groups excluding carboxylic acids is 3. The van der Waals surface area contributed by atoms with E-state index in [2.05, 4.69) is 5.32 Å². The van der Waals surface area contributed by atoms with Crippen molar-refractivity contribution in [1.29, 1.82) is 0 Å². The summed E-state index contributed by atoms with van der Waals surface area (Å²) in [5.74, 6) is -0.317. The van der Waals surface area contributed by atoms with Gasteiger partial charge in [0.1, 0.15) is 12.3 Å². The molecule has 138 valence electrons. The van der Waals surface area contributed by atoms with Crippen molar-refractivity contribution in [3.05, 3.63) is 64.6 Å². The predicted molar refractivity (Wildman–Crippen MR) is 105 cm³/mol. The topological polar surface area (TPSA) is 75.7 Å². The SMILES string of the molecule is COc1ccccc1/C=C1\SC(=O)N(CC(=O)Nc2ccccc2C)C1=O. The fraction of sp³-hybridized carbons (Fsp3) is 0.150. The van der Waals surface area contributed by atoms with Gasteiger partial charge in [0.15, 0.2) is 0 Å². The van der Waals surface area contributed by atoms with Crippen molar-refractivity contribution in [3.63, 3.8) is 0 Å². The van der Waals surface area contributed by atoms with Crippen molar-refractivity contribution in [1.82, 2.24) is 4.90 Å². The fourth-order valence-corrected chi connectivity index (χ4v) is 3.44. The van der Waals surface area contributed by atoms with Crippen LogP contribution in [0.3, 0.4) is 0 Å². The van der Waals surface area contributed by atoms with E-state index in [-0.39, 0.29) is 11.4 Å². The van der Waals surface area contributed by atoms with Gasteiger partial charge in [-0.25, -0.2) is 0 Å². The fourth-order valence-electron chi connectivity index (χ4n) is 2.61. The minimum atomic E-state index is -0.490. The van der Waals surface area contributed by atoms with Crippen LogP contribution < -0.4 is 10.1 Å². The van der Waals surface area contributed by atoms with Gasteiger partial charge in [0.2, 0.25) is 5.91 Å². The number of hydrogen-bond donors (Lipinski definition) is 1. The highest BCUT2D eigenvalue weighted by atomic mass is 32.2. The molecule has 0 atom stereocenters. The van der Waals surface area contributed by atoms with E-state index in [0.29, 0.717) is 17.0 Å². The summed E-state index contributed by atoms with van der Waals surface area (Å²) in [5, 5.41) is 2.26. The Morgan fingerprint density at radius 3 is 2.59 bits per heavy atom. The second-order valence-electron chi connectivity index (χ2n) is 5.87. The number of amides is 3. The van der Waals surface area contributed by atoms with Gasteiger partial charge in [-0.1, -0.05) is 36.4 Å². The number of thioether (sulfide) groups is 1. The lowest BCUT2D eigenvalue weighted by Gasteiger charge is -2.13. The number of methoxy groups -OCH3 is 1. The van der Waals surface area contributed by atoms with Gasteiger partial charge >= 0.3 is 0 Å². The molecular weight excluding hydrogens is 364 g/mol. The molecule has 1 aliphatic heterocycles. The van der Waals surface area contributed by atoms with E-state index in [1.54, 1.807) is 30.3 Å². The molecule has 0 saturated carbocycles. The summed E-state index contributed by atoms with van der Waals surface area (Å²) in [6, 6.07) is 14.5. The van der Waals surface area contributed by atoms with Crippen molar-refractivity contribution < 1.29 is 19.1 Å². The molecule has 6 nitrogen and oxygen atoms in total. The number of nitrogens with one attached hydrogen (secondary N) is 1. The molecule has 2 aromatic rings. The Labute approximate surface area is 161 Å². The lowest BCUT2D eigenvalue weighted by molar-refractivity contribution is -0.127. The molecule has 1 saturated heterocycles. The van der Waals surface area contributed by atoms with Gasteiger partial charge in [-0.15, -0.1) is 0 Å². The van der Waals surface area contributed by atoms with Gasteiger partial charge in [-0.05, 0) is 42.5 Å². The lowest BCUT2D eigenvalue weighted by atomic mass is 10.2. The number of anilines is 1. The zero-order valence-electron chi connectivity index (χ0n) is 14.9. The maximum atomic E-state index is 12.6. The van der Waals surface area contributed by atoms with E-state index in [4.69, 9.17) is 4.74 Å². The van der Waals surface area contributed by atoms with Crippen LogP contribution in [0, 0.1) is 6.92 Å². The molecule has 0 aromatic heterocycles. The molecule has 0 unspecified atom stereocenters. The number of nitrogens with zero attached hydrogens (tertiary/aromatic N) is 1. The second-order valence-corrected chi connectivity index (χ2v) is 6.87. The summed E-state index contributed by atoms with van der Waals surface area (Å²) in [6.07, 6.45) is 1.60. The van der Waals surface area contributed by atoms with E-state index in [9.17, 15) is 14.4 Å². The first kappa shape index (κ1) is 18.7. The molecule has 1 heterocycles. The Hall–Kier alpha value is -3.06. The normalized spacial score (nSPS) is 15.3. The van der Waals surface area contributed by atoms with E-state index >= 15 is 0 Å². The summed E-state index contributed by atoms with van der Waals surface area (Å²) in [4.78, 5) is 38.3. The quantitative estimate of drug-likeness (QED) is 0.799. The van der Waals surface area contributed by atoms with Gasteiger partial charge in [0.05, 0.1) is 12.0 Å². The highest BCUT2D eigenvalue weighted by Crippen LogP contribution is 2.33. The third kappa shape index (κ3) is 4.20. The summed E-state index contributed by atoms with van der Waals surface area (Å²) >= 11 is 0.810. The molecule has 1 N–H and O–H groups in total. The van der Waals surface area contributed by atoms with Crippen molar-refractivity contribution in [3.8, 4) is 5.75 Å². The van der Waals surface area contributed by atoms with E-state index in [0.717, 1.165) is 22.2 Å². The van der Waals surface area contributed by atoms with Gasteiger partial charge in [0, 0.05) is 11.3 Å². The van der Waals surface area contributed by atoms with Crippen LogP contribution in [0.2, 0.25) is 0 Å². The van der Waals surface area contributed by atoms with Crippen LogP contribution in [0.4, 0.5) is 10.5 Å². The van der Waals surface area contributed by atoms with Crippen LogP contribution >= 0.6 is 11.8 Å². The molecule has 0 radical (unpaired) electrons. The number of aryl methyl sites for hydroxylation is 1. The molecule has 0 spiro atoms. The van der Waals surface area contributed by atoms with E-state index in [1.165, 1.54) is 7.11 Å². The molecule has 1 aliphatic rings. The third-order valence-electron chi connectivity index (χ3n) is 4.02. The van der Waals surface area contributed by atoms with Gasteiger partial charge in [0.25, 0.3) is 11.1 Å². The summed E-state index contributed by atoms with van der Waals surface area (Å²) in [6.45, 7) is 1.54. The minimum Gasteiger partial charge on any atom is -0.496 e. The maximum absolute atomic E-state index is 12.6. The molecule has 0 aliphatic carbocycles. The molecular formula is C20H18N2O4S. The smallest absolute Gasteiger partial charge is 0.294 e. The van der Waals surface area contributed by atoms with E-state index in [1.807, 2.05) is 31.2 Å². The first-order valence-electron chi connectivity index (χ1n) is 8.23. The summed E-state index contributed by atoms with van der Waals surface area (Å²) in [7, 11) is 1.54. The number of rotatable bonds is 5. The third-order valence-corrected chi connectivity index (χ3v) is 4.93. The van der Waals surface area contributed by atoms with Crippen LogP contribution in [-0.2, 0) is 9.59 Å². The number of benzene rings is 2. The Kier molecular flexibility index (Phi) is 5.61. The van der Waals surface area contributed by atoms with Crippen LogP contribution in [0.15, 0.2) is 53.4 Å². The highest BCUT2D eigenvalue weighted by Gasteiger charge is 2.36. The standard InChI is InChI=1S/C20H18N2O4S/c1-13-7-3-5-9-15(13)21-18(23)12-22-19(24)17(27-20(22)25)11-14-8-4-6-10-16(14)26-2/h3-11H,12H2,1-2H3,(H,21,23)/b17-11-. The average molecular weight is 382 g/mol. The Morgan fingerprint density at radius 1 is 1.15 bits per heavy atom. The van der Waals surface area contributed by atoms with Crippen molar-refractivity contribution in [2.45, 2.75) is 6.92 Å². The van der Waals surface area contributed by atoms with Crippen LogP contribution in [0.25, 0.3) is 6.08 Å². The monoisotopic (exact) mass is 382 g/mol. The molecule has 2 aromatic carbocycles. The first-order valence-corrected chi connectivity index (χ1v) is 9.05. The average Bonchev–Trinajstić information content (AvgIpc) is 2.91. The lowest BCUT2D eigenvalue weighted by Crippen LogP contribution is -2.36. The molecule has 1 fully saturated rings. The summed E-state index contributed by atoms with van der Waals surface area (Å²) in [5.41, 5.74) is 2.24. The number of para-hydroxylation sites is 2. The van der Waals surface area contributed by atoms with Crippen molar-refractivity contribution in [2.75, 3.05) is 19.0 Å². The maximum Gasteiger partial charge on any atom is 0.294 e. The number of hydrogen-bond acceptors (Lipinski definition) is 5. The summed E-state index contributed by atoms with van der Waals surface area (Å²) < 4.78 is 5.26. The molecule has 0 bridgehead atoms. The highest BCUT2D eigenvalue weighted by molar-refractivity contribution is 8.18. The van der Waals surface area contributed by atoms with Gasteiger partial charge < -0.3 is 10.1 Å².